The number of alkyl halides is 2. The Morgan fingerprint density at radius 3 is 2.72 bits per heavy atom. The number of benzene rings is 1. The van der Waals surface area contributed by atoms with Crippen LogP contribution in [0.15, 0.2) is 54.6 Å². The van der Waals surface area contributed by atoms with E-state index in [4.69, 9.17) is 0 Å². The van der Waals surface area contributed by atoms with Crippen molar-refractivity contribution in [2.75, 3.05) is 13.7 Å². The van der Waals surface area contributed by atoms with Crippen LogP contribution in [0, 0.1) is 0 Å². The van der Waals surface area contributed by atoms with Crippen LogP contribution in [0.5, 0.6) is 0 Å². The highest BCUT2D eigenvalue weighted by Gasteiger charge is 2.52. The van der Waals surface area contributed by atoms with Crippen LogP contribution in [0.4, 0.5) is 8.78 Å². The van der Waals surface area contributed by atoms with Crippen molar-refractivity contribution in [3.05, 3.63) is 69.9 Å². The minimum atomic E-state index is -3.41. The summed E-state index contributed by atoms with van der Waals surface area (Å²) in [6, 6.07) is 12.1. The first-order valence-corrected chi connectivity index (χ1v) is 11.3. The molecule has 2 heterocycles. The topological polar surface area (TPSA) is 66.8 Å². The average Bonchev–Trinajstić information content (AvgIpc) is 3.35. The molecule has 1 aliphatic rings. The van der Waals surface area contributed by atoms with E-state index in [1.165, 1.54) is 35.5 Å². The first-order chi connectivity index (χ1) is 15.2. The Balaban J connectivity index is 1.61. The molecule has 2 aromatic rings. The predicted molar refractivity (Wildman–Crippen MR) is 119 cm³/mol. The van der Waals surface area contributed by atoms with E-state index in [1.54, 1.807) is 12.1 Å². The molecule has 1 aromatic heterocycles. The number of hydrogen-bond acceptors (Lipinski definition) is 5. The summed E-state index contributed by atoms with van der Waals surface area (Å²) in [5.41, 5.74) is 0.941. The number of thiophene rings is 1. The van der Waals surface area contributed by atoms with E-state index >= 15 is 0 Å². The van der Waals surface area contributed by atoms with Gasteiger partial charge in [0.05, 0.1) is 19.3 Å². The van der Waals surface area contributed by atoms with Crippen molar-refractivity contribution in [2.45, 2.75) is 50.2 Å². The molecule has 3 rings (SSSR count). The highest BCUT2D eigenvalue weighted by Crippen LogP contribution is 2.35. The number of methoxy groups -OCH3 is 1. The molecule has 0 saturated carbocycles. The maximum Gasteiger partial charge on any atom is 0.348 e. The first kappa shape index (κ1) is 24.1. The van der Waals surface area contributed by atoms with Crippen LogP contribution < -0.4 is 0 Å². The van der Waals surface area contributed by atoms with Crippen molar-refractivity contribution in [2.24, 2.45) is 0 Å². The normalized spacial score (nSPS) is 20.0. The SMILES string of the molecule is COC(=O)c1ccc(CCCN2C(=O)C(F)(F)CC2C=C[C@H](O)[C@@H](C)c2ccccc2)s1. The summed E-state index contributed by atoms with van der Waals surface area (Å²) in [6.45, 7) is 2.03. The van der Waals surface area contributed by atoms with Gasteiger partial charge in [-0.15, -0.1) is 11.3 Å². The smallest absolute Gasteiger partial charge is 0.348 e. The molecule has 0 bridgehead atoms. The number of likely N-dealkylation sites (tertiary alicyclic amines) is 1. The monoisotopic (exact) mass is 463 g/mol. The fourth-order valence-electron chi connectivity index (χ4n) is 3.77. The number of ether oxygens (including phenoxy) is 1. The zero-order valence-electron chi connectivity index (χ0n) is 18.0. The van der Waals surface area contributed by atoms with Crippen LogP contribution in [0.1, 0.15) is 45.8 Å². The van der Waals surface area contributed by atoms with E-state index in [0.717, 1.165) is 10.4 Å². The summed E-state index contributed by atoms with van der Waals surface area (Å²) in [7, 11) is 1.31. The highest BCUT2D eigenvalue weighted by molar-refractivity contribution is 7.13. The number of aliphatic hydroxyl groups excluding tert-OH is 1. The van der Waals surface area contributed by atoms with Gasteiger partial charge in [0.25, 0.3) is 5.91 Å². The van der Waals surface area contributed by atoms with Crippen LogP contribution in [-0.4, -0.2) is 53.6 Å². The number of halogens is 2. The molecule has 1 N–H and O–H groups in total. The van der Waals surface area contributed by atoms with Gasteiger partial charge in [0.15, 0.2) is 0 Å². The van der Waals surface area contributed by atoms with Crippen molar-refractivity contribution in [1.29, 1.82) is 0 Å². The van der Waals surface area contributed by atoms with Crippen molar-refractivity contribution in [3.8, 4) is 0 Å². The number of aliphatic hydroxyl groups is 1. The van der Waals surface area contributed by atoms with E-state index in [9.17, 15) is 23.5 Å². The molecule has 1 saturated heterocycles. The maximum atomic E-state index is 14.1. The third kappa shape index (κ3) is 5.61. The van der Waals surface area contributed by atoms with Gasteiger partial charge in [0.2, 0.25) is 0 Å². The van der Waals surface area contributed by atoms with Crippen LogP contribution in [0.2, 0.25) is 0 Å². The molecule has 3 atom stereocenters. The first-order valence-electron chi connectivity index (χ1n) is 10.5. The molecule has 1 aromatic carbocycles. The van der Waals surface area contributed by atoms with E-state index in [2.05, 4.69) is 4.74 Å². The fourth-order valence-corrected chi connectivity index (χ4v) is 4.74. The highest BCUT2D eigenvalue weighted by atomic mass is 32.1. The number of carbonyl (C=O) groups excluding carboxylic acids is 2. The summed E-state index contributed by atoms with van der Waals surface area (Å²) in [6.07, 6.45) is 2.61. The molecule has 172 valence electrons. The summed E-state index contributed by atoms with van der Waals surface area (Å²) in [5, 5.41) is 10.5. The molecule has 8 heteroatoms. The largest absolute Gasteiger partial charge is 0.465 e. The van der Waals surface area contributed by atoms with Gasteiger partial charge in [0, 0.05) is 23.8 Å². The fraction of sp³-hybridized carbons (Fsp3) is 0.417. The standard InChI is InChI=1S/C24H27F2NO4S/c1-16(17-7-4-3-5-8-17)20(28)12-10-18-15-24(25,26)23(30)27(18)14-6-9-19-11-13-21(32-19)22(29)31-2/h3-5,7-8,10-13,16,18,20,28H,6,9,14-15H2,1-2H3/t16-,18?,20-/m0/s1. The molecular formula is C24H27F2NO4S. The summed E-state index contributed by atoms with van der Waals surface area (Å²) >= 11 is 1.29. The summed E-state index contributed by atoms with van der Waals surface area (Å²) in [4.78, 5) is 26.4. The van der Waals surface area contributed by atoms with Crippen molar-refractivity contribution >= 4 is 23.2 Å². The average molecular weight is 464 g/mol. The third-order valence-electron chi connectivity index (χ3n) is 5.68. The Labute approximate surface area is 190 Å². The lowest BCUT2D eigenvalue weighted by molar-refractivity contribution is -0.148. The maximum absolute atomic E-state index is 14.1. The molecule has 1 amide bonds. The molecule has 0 radical (unpaired) electrons. The number of hydrogen-bond donors (Lipinski definition) is 1. The van der Waals surface area contributed by atoms with Crippen LogP contribution in [0.3, 0.4) is 0 Å². The molecule has 0 spiro atoms. The minimum absolute atomic E-state index is 0.166. The molecule has 0 aliphatic carbocycles. The van der Waals surface area contributed by atoms with E-state index < -0.39 is 36.4 Å². The van der Waals surface area contributed by atoms with Gasteiger partial charge < -0.3 is 14.7 Å². The molecule has 1 fully saturated rings. The van der Waals surface area contributed by atoms with Gasteiger partial charge in [-0.1, -0.05) is 49.4 Å². The van der Waals surface area contributed by atoms with Gasteiger partial charge >= 0.3 is 11.9 Å². The zero-order chi connectivity index (χ0) is 23.3. The molecule has 1 unspecified atom stereocenters. The lowest BCUT2D eigenvalue weighted by Crippen LogP contribution is -2.36. The van der Waals surface area contributed by atoms with Crippen LogP contribution in [0.25, 0.3) is 0 Å². The second-order valence-electron chi connectivity index (χ2n) is 7.91. The van der Waals surface area contributed by atoms with Crippen LogP contribution >= 0.6 is 11.3 Å². The zero-order valence-corrected chi connectivity index (χ0v) is 18.9. The van der Waals surface area contributed by atoms with Gasteiger partial charge in [-0.25, -0.2) is 4.79 Å². The molecule has 5 nitrogen and oxygen atoms in total. The predicted octanol–water partition coefficient (Wildman–Crippen LogP) is 4.42. The summed E-state index contributed by atoms with van der Waals surface area (Å²) in [5.74, 6) is -5.21. The molecule has 32 heavy (non-hydrogen) atoms. The Hall–Kier alpha value is -2.58. The molecule has 1 aliphatic heterocycles. The lowest BCUT2D eigenvalue weighted by atomic mass is 9.94. The lowest BCUT2D eigenvalue weighted by Gasteiger charge is -2.22. The number of esters is 1. The van der Waals surface area contributed by atoms with E-state index in [0.29, 0.717) is 17.7 Å². The number of nitrogens with zero attached hydrogens (tertiary/aromatic N) is 1. The van der Waals surface area contributed by atoms with Crippen LogP contribution in [-0.2, 0) is 16.0 Å². The van der Waals surface area contributed by atoms with Gasteiger partial charge in [0.1, 0.15) is 4.88 Å². The third-order valence-corrected chi connectivity index (χ3v) is 6.80. The minimum Gasteiger partial charge on any atom is -0.465 e. The quantitative estimate of drug-likeness (QED) is 0.442. The Morgan fingerprint density at radius 1 is 1.31 bits per heavy atom. The van der Waals surface area contributed by atoms with Crippen molar-refractivity contribution < 1.29 is 28.2 Å². The van der Waals surface area contributed by atoms with Crippen molar-refractivity contribution in [1.82, 2.24) is 4.90 Å². The van der Waals surface area contributed by atoms with Gasteiger partial charge in [-0.3, -0.25) is 4.79 Å². The second-order valence-corrected chi connectivity index (χ2v) is 9.08. The molecular weight excluding hydrogens is 436 g/mol. The summed E-state index contributed by atoms with van der Waals surface area (Å²) < 4.78 is 32.9. The second kappa shape index (κ2) is 10.4. The Kier molecular flexibility index (Phi) is 7.79. The number of amides is 1. The van der Waals surface area contributed by atoms with E-state index in [1.807, 2.05) is 37.3 Å². The number of carbonyl (C=O) groups is 2. The Bertz CT molecular complexity index is 960. The number of rotatable bonds is 9. The number of aryl methyl sites for hydroxylation is 1. The van der Waals surface area contributed by atoms with E-state index in [-0.39, 0.29) is 12.5 Å². The Morgan fingerprint density at radius 2 is 2.03 bits per heavy atom. The van der Waals surface area contributed by atoms with Crippen molar-refractivity contribution in [3.63, 3.8) is 0 Å². The van der Waals surface area contributed by atoms with Gasteiger partial charge in [-0.2, -0.15) is 8.78 Å². The van der Waals surface area contributed by atoms with Gasteiger partial charge in [-0.05, 0) is 30.5 Å².